The second kappa shape index (κ2) is 5.59. The molecule has 0 aliphatic carbocycles. The van der Waals surface area contributed by atoms with E-state index in [0.29, 0.717) is 16.9 Å². The third kappa shape index (κ3) is 2.76. The van der Waals surface area contributed by atoms with Crippen LogP contribution in [0.3, 0.4) is 0 Å². The molecule has 0 aromatic heterocycles. The fourth-order valence-electron chi connectivity index (χ4n) is 2.75. The standard InChI is InChI=1S/C18H19NO2/c1-12-8-13(2)17(16(9-12)21-4)18(3,20)15-7-5-6-14(10-15)11-19/h5-10,20H,1-4H3. The summed E-state index contributed by atoms with van der Waals surface area (Å²) in [4.78, 5) is 0. The Morgan fingerprint density at radius 2 is 1.90 bits per heavy atom. The second-order valence-electron chi connectivity index (χ2n) is 5.42. The number of ether oxygens (including phenoxy) is 1. The highest BCUT2D eigenvalue weighted by Crippen LogP contribution is 2.38. The van der Waals surface area contributed by atoms with Gasteiger partial charge < -0.3 is 9.84 Å². The first kappa shape index (κ1) is 15.1. The van der Waals surface area contributed by atoms with Crippen LogP contribution in [0.4, 0.5) is 0 Å². The molecule has 1 unspecified atom stereocenters. The van der Waals surface area contributed by atoms with Crippen LogP contribution in [-0.4, -0.2) is 12.2 Å². The van der Waals surface area contributed by atoms with Crippen LogP contribution in [0, 0.1) is 25.2 Å². The van der Waals surface area contributed by atoms with Crippen LogP contribution in [0.25, 0.3) is 0 Å². The topological polar surface area (TPSA) is 53.2 Å². The number of nitrogens with zero attached hydrogens (tertiary/aromatic N) is 1. The summed E-state index contributed by atoms with van der Waals surface area (Å²) < 4.78 is 5.45. The van der Waals surface area contributed by atoms with Crippen molar-refractivity contribution in [3.8, 4) is 11.8 Å². The highest BCUT2D eigenvalue weighted by Gasteiger charge is 2.31. The second-order valence-corrected chi connectivity index (χ2v) is 5.42. The molecule has 1 atom stereocenters. The van der Waals surface area contributed by atoms with Gasteiger partial charge >= 0.3 is 0 Å². The summed E-state index contributed by atoms with van der Waals surface area (Å²) in [6, 6.07) is 13.0. The van der Waals surface area contributed by atoms with E-state index in [4.69, 9.17) is 10.00 Å². The van der Waals surface area contributed by atoms with Crippen molar-refractivity contribution in [3.63, 3.8) is 0 Å². The lowest BCUT2D eigenvalue weighted by Crippen LogP contribution is -2.25. The van der Waals surface area contributed by atoms with Gasteiger partial charge in [0.05, 0.1) is 18.7 Å². The van der Waals surface area contributed by atoms with Gasteiger partial charge in [0, 0.05) is 5.56 Å². The highest BCUT2D eigenvalue weighted by atomic mass is 16.5. The Hall–Kier alpha value is -2.31. The Labute approximate surface area is 125 Å². The van der Waals surface area contributed by atoms with Crippen molar-refractivity contribution in [1.29, 1.82) is 5.26 Å². The van der Waals surface area contributed by atoms with E-state index in [0.717, 1.165) is 16.7 Å². The van der Waals surface area contributed by atoms with Crippen LogP contribution in [0.15, 0.2) is 36.4 Å². The molecule has 0 saturated carbocycles. The van der Waals surface area contributed by atoms with Gasteiger partial charge in [0.1, 0.15) is 11.4 Å². The van der Waals surface area contributed by atoms with Crippen LogP contribution in [0.2, 0.25) is 0 Å². The van der Waals surface area contributed by atoms with Crippen LogP contribution in [-0.2, 0) is 5.60 Å². The molecule has 0 amide bonds. The van der Waals surface area contributed by atoms with Crippen LogP contribution < -0.4 is 4.74 Å². The predicted molar refractivity (Wildman–Crippen MR) is 82.3 cm³/mol. The van der Waals surface area contributed by atoms with Gasteiger partial charge in [0.25, 0.3) is 0 Å². The molecule has 0 fully saturated rings. The first-order valence-electron chi connectivity index (χ1n) is 6.79. The van der Waals surface area contributed by atoms with E-state index in [1.54, 1.807) is 32.2 Å². The third-order valence-corrected chi connectivity index (χ3v) is 3.70. The van der Waals surface area contributed by atoms with Gasteiger partial charge in [-0.25, -0.2) is 0 Å². The SMILES string of the molecule is COc1cc(C)cc(C)c1C(C)(O)c1cccc(C#N)c1. The Balaban J connectivity index is 2.66. The molecular formula is C18H19NO2. The van der Waals surface area contributed by atoms with Gasteiger partial charge in [-0.15, -0.1) is 0 Å². The van der Waals surface area contributed by atoms with E-state index >= 15 is 0 Å². The van der Waals surface area contributed by atoms with Crippen molar-refractivity contribution in [3.05, 3.63) is 64.2 Å². The summed E-state index contributed by atoms with van der Waals surface area (Å²) in [5, 5.41) is 20.1. The summed E-state index contributed by atoms with van der Waals surface area (Å²) in [6.07, 6.45) is 0. The van der Waals surface area contributed by atoms with Gasteiger partial charge in [-0.2, -0.15) is 5.26 Å². The maximum absolute atomic E-state index is 11.1. The minimum Gasteiger partial charge on any atom is -0.496 e. The molecule has 21 heavy (non-hydrogen) atoms. The fraction of sp³-hybridized carbons (Fsp3) is 0.278. The first-order chi connectivity index (χ1) is 9.90. The highest BCUT2D eigenvalue weighted by molar-refractivity contribution is 5.51. The van der Waals surface area contributed by atoms with Gasteiger partial charge in [0.2, 0.25) is 0 Å². The predicted octanol–water partition coefficient (Wildman–Crippen LogP) is 3.44. The van der Waals surface area contributed by atoms with E-state index in [9.17, 15) is 5.11 Å². The Morgan fingerprint density at radius 3 is 2.52 bits per heavy atom. The summed E-state index contributed by atoms with van der Waals surface area (Å²) in [5.74, 6) is 0.653. The molecule has 0 radical (unpaired) electrons. The number of nitriles is 1. The molecule has 2 aromatic carbocycles. The zero-order chi connectivity index (χ0) is 15.6. The van der Waals surface area contributed by atoms with Gasteiger partial charge in [0.15, 0.2) is 0 Å². The molecule has 2 aromatic rings. The molecule has 3 nitrogen and oxygen atoms in total. The zero-order valence-electron chi connectivity index (χ0n) is 12.8. The summed E-state index contributed by atoms with van der Waals surface area (Å²) in [5.41, 5.74) is 2.73. The third-order valence-electron chi connectivity index (χ3n) is 3.70. The van der Waals surface area contributed by atoms with E-state index in [2.05, 4.69) is 6.07 Å². The largest absolute Gasteiger partial charge is 0.496 e. The van der Waals surface area contributed by atoms with Crippen LogP contribution >= 0.6 is 0 Å². The number of aryl methyl sites for hydroxylation is 2. The van der Waals surface area contributed by atoms with Gasteiger partial charge in [-0.3, -0.25) is 0 Å². The van der Waals surface area contributed by atoms with Crippen LogP contribution in [0.1, 0.15) is 34.7 Å². The number of hydrogen-bond acceptors (Lipinski definition) is 3. The monoisotopic (exact) mass is 281 g/mol. The Bertz CT molecular complexity index is 712. The molecular weight excluding hydrogens is 262 g/mol. The van der Waals surface area contributed by atoms with Gasteiger partial charge in [-0.1, -0.05) is 18.2 Å². The normalized spacial score (nSPS) is 13.3. The number of methoxy groups -OCH3 is 1. The average Bonchev–Trinajstić information content (AvgIpc) is 2.46. The maximum atomic E-state index is 11.1. The van der Waals surface area contributed by atoms with Crippen molar-refractivity contribution in [2.75, 3.05) is 7.11 Å². The lowest BCUT2D eigenvalue weighted by molar-refractivity contribution is 0.0982. The molecule has 0 bridgehead atoms. The van der Waals surface area contributed by atoms with Crippen molar-refractivity contribution >= 4 is 0 Å². The molecule has 108 valence electrons. The quantitative estimate of drug-likeness (QED) is 0.937. The number of hydrogen-bond donors (Lipinski definition) is 1. The number of rotatable bonds is 3. The lowest BCUT2D eigenvalue weighted by atomic mass is 9.83. The van der Waals surface area contributed by atoms with E-state index in [1.807, 2.05) is 32.0 Å². The summed E-state index contributed by atoms with van der Waals surface area (Å²) in [7, 11) is 1.60. The smallest absolute Gasteiger partial charge is 0.125 e. The number of benzene rings is 2. The van der Waals surface area contributed by atoms with Gasteiger partial charge in [-0.05, 0) is 55.7 Å². The minimum atomic E-state index is -1.23. The van der Waals surface area contributed by atoms with E-state index in [1.165, 1.54) is 0 Å². The molecule has 1 N–H and O–H groups in total. The Kier molecular flexibility index (Phi) is 4.02. The molecule has 0 heterocycles. The molecule has 0 aliphatic heterocycles. The Morgan fingerprint density at radius 1 is 1.19 bits per heavy atom. The molecule has 0 saturated heterocycles. The van der Waals surface area contributed by atoms with Crippen molar-refractivity contribution in [2.45, 2.75) is 26.4 Å². The molecule has 0 aliphatic rings. The van der Waals surface area contributed by atoms with Crippen molar-refractivity contribution < 1.29 is 9.84 Å². The summed E-state index contributed by atoms with van der Waals surface area (Å²) in [6.45, 7) is 5.67. The maximum Gasteiger partial charge on any atom is 0.125 e. The summed E-state index contributed by atoms with van der Waals surface area (Å²) >= 11 is 0. The van der Waals surface area contributed by atoms with E-state index < -0.39 is 5.60 Å². The zero-order valence-corrected chi connectivity index (χ0v) is 12.8. The van der Waals surface area contributed by atoms with E-state index in [-0.39, 0.29) is 0 Å². The lowest BCUT2D eigenvalue weighted by Gasteiger charge is -2.28. The fourth-order valence-corrected chi connectivity index (χ4v) is 2.75. The molecule has 2 rings (SSSR count). The molecule has 0 spiro atoms. The van der Waals surface area contributed by atoms with Crippen LogP contribution in [0.5, 0.6) is 5.75 Å². The van der Waals surface area contributed by atoms with Crippen molar-refractivity contribution in [2.24, 2.45) is 0 Å². The van der Waals surface area contributed by atoms with Crippen molar-refractivity contribution in [1.82, 2.24) is 0 Å². The number of aliphatic hydroxyl groups is 1. The minimum absolute atomic E-state index is 0.525. The first-order valence-corrected chi connectivity index (χ1v) is 6.79. The average molecular weight is 281 g/mol. The molecule has 3 heteroatoms.